The van der Waals surface area contributed by atoms with Crippen LogP contribution in [0.3, 0.4) is 0 Å². The standard InChI is InChI=1S/C17H12N.C9H7.2ClH.Hf/c1-2-7-15-12-16(11-14(15)6-1)18-10-9-13-5-3-4-8-17(13)18;1-2-5-9-7-3-6-8(9)4-1;;;/h1-12H;1-7H;2*1H;/q;;;;+2/p-2. The quantitative estimate of drug-likeness (QED) is 0.306. The minimum atomic E-state index is -1.09. The number of fused-ring (bicyclic) bond motifs is 3. The third kappa shape index (κ3) is 3.45. The van der Waals surface area contributed by atoms with E-state index in [1.807, 2.05) is 0 Å². The largest absolute Gasteiger partial charge is 1.00 e. The molecule has 0 spiro atoms. The molecule has 0 bridgehead atoms. The van der Waals surface area contributed by atoms with Gasteiger partial charge >= 0.3 is 177 Å². The van der Waals surface area contributed by atoms with Crippen LogP contribution in [-0.4, -0.2) is 4.57 Å². The van der Waals surface area contributed by atoms with Gasteiger partial charge in [-0.2, -0.15) is 0 Å². The summed E-state index contributed by atoms with van der Waals surface area (Å²) in [5.41, 5.74) is 8.70. The number of halogens is 2. The summed E-state index contributed by atoms with van der Waals surface area (Å²) >= 11 is -1.09. The summed E-state index contributed by atoms with van der Waals surface area (Å²) in [6.45, 7) is 0. The molecule has 2 aliphatic carbocycles. The van der Waals surface area contributed by atoms with Gasteiger partial charge in [-0.3, -0.25) is 0 Å². The Labute approximate surface area is 200 Å². The summed E-state index contributed by atoms with van der Waals surface area (Å²) in [6.07, 6.45) is 9.50. The third-order valence-corrected chi connectivity index (χ3v) is 12.4. The predicted molar refractivity (Wildman–Crippen MR) is 114 cm³/mol. The number of benzene rings is 3. The average Bonchev–Trinajstić information content (AvgIpc) is 3.44. The number of hydrogen-bond acceptors (Lipinski definition) is 0. The van der Waals surface area contributed by atoms with Crippen LogP contribution < -0.4 is 24.8 Å². The summed E-state index contributed by atoms with van der Waals surface area (Å²) in [6, 6.07) is 28.9. The SMILES string of the molecule is C1=C[CH]([Hf+2][CH]2C(n3ccc4ccccc43)=Cc3ccccc32)c2ccccc21.[Cl-].[Cl-]. The van der Waals surface area contributed by atoms with Gasteiger partial charge in [0.2, 0.25) is 0 Å². The summed E-state index contributed by atoms with van der Waals surface area (Å²) < 4.78 is 3.70. The molecule has 146 valence electrons. The van der Waals surface area contributed by atoms with Crippen LogP contribution in [0, 0.1) is 0 Å². The molecule has 4 heteroatoms. The molecule has 2 aliphatic rings. The first-order chi connectivity index (χ1) is 13.9. The van der Waals surface area contributed by atoms with Gasteiger partial charge in [-0.05, 0) is 0 Å². The molecule has 0 N–H and O–H groups in total. The second-order valence-electron chi connectivity index (χ2n) is 7.51. The molecule has 2 unspecified atom stereocenters. The first-order valence-corrected chi connectivity index (χ1v) is 13.9. The van der Waals surface area contributed by atoms with Crippen LogP contribution in [0.25, 0.3) is 28.8 Å². The van der Waals surface area contributed by atoms with Crippen molar-refractivity contribution in [2.24, 2.45) is 0 Å². The number of rotatable bonds is 3. The van der Waals surface area contributed by atoms with Crippen LogP contribution >= 0.6 is 0 Å². The van der Waals surface area contributed by atoms with Gasteiger partial charge in [0.05, 0.1) is 0 Å². The second kappa shape index (κ2) is 8.70. The van der Waals surface area contributed by atoms with Crippen LogP contribution in [0.1, 0.15) is 29.6 Å². The van der Waals surface area contributed by atoms with E-state index in [4.69, 9.17) is 0 Å². The summed E-state index contributed by atoms with van der Waals surface area (Å²) in [5, 5.41) is 1.32. The molecule has 0 saturated carbocycles. The molecule has 0 radical (unpaired) electrons. The van der Waals surface area contributed by atoms with Crippen LogP contribution in [0.15, 0.2) is 91.1 Å². The van der Waals surface area contributed by atoms with Crippen LogP contribution in [-0.2, 0) is 22.9 Å². The van der Waals surface area contributed by atoms with Crippen molar-refractivity contribution in [3.8, 4) is 0 Å². The zero-order valence-electron chi connectivity index (χ0n) is 16.2. The maximum atomic E-state index is 2.47. The zero-order valence-corrected chi connectivity index (χ0v) is 21.3. The van der Waals surface area contributed by atoms with E-state index in [2.05, 4.69) is 108 Å². The summed E-state index contributed by atoms with van der Waals surface area (Å²) in [4.78, 5) is 0. The molecule has 1 aromatic heterocycles. The van der Waals surface area contributed by atoms with E-state index < -0.39 is 22.9 Å². The Kier molecular flexibility index (Phi) is 6.20. The molecule has 3 aromatic carbocycles. The number of aromatic nitrogens is 1. The fourth-order valence-electron chi connectivity index (χ4n) is 4.57. The maximum absolute atomic E-state index is 2.47. The number of nitrogens with zero attached hydrogens (tertiary/aromatic N) is 1. The first-order valence-electron chi connectivity index (χ1n) is 9.79. The van der Waals surface area contributed by atoms with Gasteiger partial charge in [0.1, 0.15) is 0 Å². The Hall–Kier alpha value is -1.87. The van der Waals surface area contributed by atoms with Gasteiger partial charge < -0.3 is 24.8 Å². The Balaban J connectivity index is 0.00000109. The fourth-order valence-corrected chi connectivity index (χ4v) is 11.2. The Morgan fingerprint density at radius 2 is 1.40 bits per heavy atom. The normalized spacial score (nSPS) is 18.1. The minimum Gasteiger partial charge on any atom is -1.00 e. The van der Waals surface area contributed by atoms with E-state index in [1.54, 1.807) is 5.56 Å². The molecule has 0 fully saturated rings. The molecule has 2 atom stereocenters. The van der Waals surface area contributed by atoms with Crippen LogP contribution in [0.4, 0.5) is 0 Å². The first kappa shape index (κ1) is 21.4. The molecule has 4 aromatic rings. The monoisotopic (exact) mass is 595 g/mol. The van der Waals surface area contributed by atoms with Crippen molar-refractivity contribution >= 4 is 28.8 Å². The Morgan fingerprint density at radius 3 is 2.27 bits per heavy atom. The molecule has 0 saturated heterocycles. The molecule has 1 nitrogen and oxygen atoms in total. The van der Waals surface area contributed by atoms with Crippen LogP contribution in [0.5, 0.6) is 0 Å². The van der Waals surface area contributed by atoms with Crippen molar-refractivity contribution < 1.29 is 47.7 Å². The van der Waals surface area contributed by atoms with E-state index in [0.29, 0.717) is 7.35 Å². The molecule has 0 aliphatic heterocycles. The van der Waals surface area contributed by atoms with E-state index in [-0.39, 0.29) is 24.8 Å². The fraction of sp³-hybridized carbons (Fsp3) is 0.0769. The summed E-state index contributed by atoms with van der Waals surface area (Å²) in [7, 11) is 0. The minimum absolute atomic E-state index is 0. The van der Waals surface area contributed by atoms with Crippen molar-refractivity contribution in [1.82, 2.24) is 4.57 Å². The van der Waals surface area contributed by atoms with Crippen molar-refractivity contribution in [1.29, 1.82) is 0 Å². The smallest absolute Gasteiger partial charge is 1.00 e. The summed E-state index contributed by atoms with van der Waals surface area (Å²) in [5.74, 6) is 0. The van der Waals surface area contributed by atoms with Gasteiger partial charge in [-0.1, -0.05) is 0 Å². The molecular weight excluding hydrogens is 576 g/mol. The van der Waals surface area contributed by atoms with Crippen molar-refractivity contribution in [2.45, 2.75) is 7.35 Å². The third-order valence-electron chi connectivity index (χ3n) is 5.93. The molecule has 6 rings (SSSR count). The molecule has 30 heavy (non-hydrogen) atoms. The predicted octanol–water partition coefficient (Wildman–Crippen LogP) is 0.553. The number of allylic oxidation sites excluding steroid dienone is 2. The van der Waals surface area contributed by atoms with Crippen molar-refractivity contribution in [3.63, 3.8) is 0 Å². The van der Waals surface area contributed by atoms with Crippen molar-refractivity contribution in [3.05, 3.63) is 113 Å². The number of para-hydroxylation sites is 1. The van der Waals surface area contributed by atoms with E-state index >= 15 is 0 Å². The molecular formula is C26H19Cl2HfN. The zero-order chi connectivity index (χ0) is 18.5. The van der Waals surface area contributed by atoms with E-state index in [9.17, 15) is 0 Å². The van der Waals surface area contributed by atoms with Gasteiger partial charge in [-0.25, -0.2) is 0 Å². The van der Waals surface area contributed by atoms with Gasteiger partial charge in [0, 0.05) is 0 Å². The maximum Gasteiger partial charge on any atom is -1.00 e. The number of hydrogen-bond donors (Lipinski definition) is 0. The topological polar surface area (TPSA) is 4.93 Å². The average molecular weight is 595 g/mol. The second-order valence-corrected chi connectivity index (χ2v) is 13.0. The van der Waals surface area contributed by atoms with Gasteiger partial charge in [0.15, 0.2) is 0 Å². The molecule has 0 amide bonds. The molecule has 1 heterocycles. The van der Waals surface area contributed by atoms with Crippen LogP contribution in [0.2, 0.25) is 0 Å². The van der Waals surface area contributed by atoms with Crippen molar-refractivity contribution in [2.75, 3.05) is 0 Å². The van der Waals surface area contributed by atoms with Gasteiger partial charge in [-0.15, -0.1) is 0 Å². The van der Waals surface area contributed by atoms with Gasteiger partial charge in [0.25, 0.3) is 0 Å². The Morgan fingerprint density at radius 1 is 0.700 bits per heavy atom. The van der Waals surface area contributed by atoms with E-state index in [0.717, 1.165) is 0 Å². The van der Waals surface area contributed by atoms with E-state index in [1.165, 1.54) is 33.3 Å². The Bertz CT molecular complexity index is 1270.